The van der Waals surface area contributed by atoms with Crippen LogP contribution in [0.1, 0.15) is 30.2 Å². The average Bonchev–Trinajstić information content (AvgIpc) is 2.43. The lowest BCUT2D eigenvalue weighted by molar-refractivity contribution is 0.884. The molecule has 0 atom stereocenters. The smallest absolute Gasteiger partial charge is 0.0527 e. The van der Waals surface area contributed by atoms with Gasteiger partial charge in [-0.15, -0.1) is 0 Å². The molecule has 1 aromatic carbocycles. The number of nitrogens with zero attached hydrogens (tertiary/aromatic N) is 1. The topological polar surface area (TPSA) is 24.9 Å². The van der Waals surface area contributed by atoms with E-state index in [4.69, 9.17) is 11.6 Å². The van der Waals surface area contributed by atoms with Crippen molar-refractivity contribution in [3.8, 4) is 0 Å². The van der Waals surface area contributed by atoms with Gasteiger partial charge in [0.15, 0.2) is 0 Å². The molecule has 0 aliphatic carbocycles. The molecule has 0 bridgehead atoms. The van der Waals surface area contributed by atoms with Crippen molar-refractivity contribution in [2.75, 3.05) is 12.4 Å². The number of aromatic nitrogens is 1. The van der Waals surface area contributed by atoms with Crippen LogP contribution in [0.25, 0.3) is 0 Å². The van der Waals surface area contributed by atoms with Crippen molar-refractivity contribution in [2.24, 2.45) is 0 Å². The number of benzene rings is 1. The van der Waals surface area contributed by atoms with Gasteiger partial charge in [-0.25, -0.2) is 0 Å². The first kappa shape index (κ1) is 13.9. The summed E-state index contributed by atoms with van der Waals surface area (Å²) in [6.45, 7) is 2.19. The molecule has 0 amide bonds. The van der Waals surface area contributed by atoms with Crippen molar-refractivity contribution in [1.82, 2.24) is 4.98 Å². The van der Waals surface area contributed by atoms with Gasteiger partial charge in [-0.1, -0.05) is 37.1 Å². The normalized spacial score (nSPS) is 10.5. The molecule has 100 valence electrons. The molecule has 19 heavy (non-hydrogen) atoms. The Morgan fingerprint density at radius 2 is 1.95 bits per heavy atom. The zero-order valence-corrected chi connectivity index (χ0v) is 12.2. The number of hydrogen-bond donors (Lipinski definition) is 1. The number of aryl methyl sites for hydroxylation is 1. The Morgan fingerprint density at radius 3 is 2.58 bits per heavy atom. The number of hydrogen-bond acceptors (Lipinski definition) is 2. The Bertz CT molecular complexity index is 535. The van der Waals surface area contributed by atoms with Crippen molar-refractivity contribution in [3.63, 3.8) is 0 Å². The van der Waals surface area contributed by atoms with Crippen LogP contribution in [-0.2, 0) is 12.8 Å². The fourth-order valence-electron chi connectivity index (χ4n) is 2.12. The summed E-state index contributed by atoms with van der Waals surface area (Å²) >= 11 is 5.91. The van der Waals surface area contributed by atoms with E-state index in [2.05, 4.69) is 35.4 Å². The first-order valence-electron chi connectivity index (χ1n) is 6.63. The van der Waals surface area contributed by atoms with E-state index in [1.165, 1.54) is 11.1 Å². The third-order valence-corrected chi connectivity index (χ3v) is 3.40. The summed E-state index contributed by atoms with van der Waals surface area (Å²) in [6, 6.07) is 10.2. The number of halogens is 1. The van der Waals surface area contributed by atoms with Gasteiger partial charge in [-0.3, -0.25) is 4.98 Å². The third-order valence-electron chi connectivity index (χ3n) is 3.15. The number of rotatable bonds is 5. The van der Waals surface area contributed by atoms with Crippen LogP contribution in [-0.4, -0.2) is 12.0 Å². The molecule has 0 saturated carbocycles. The summed E-state index contributed by atoms with van der Waals surface area (Å²) in [5.74, 6) is 0. The van der Waals surface area contributed by atoms with Crippen molar-refractivity contribution in [2.45, 2.75) is 26.2 Å². The van der Waals surface area contributed by atoms with Crippen LogP contribution >= 0.6 is 11.6 Å². The van der Waals surface area contributed by atoms with Crippen molar-refractivity contribution >= 4 is 17.3 Å². The van der Waals surface area contributed by atoms with E-state index in [9.17, 15) is 0 Å². The highest BCUT2D eigenvalue weighted by molar-refractivity contribution is 6.30. The van der Waals surface area contributed by atoms with Gasteiger partial charge in [0.1, 0.15) is 0 Å². The van der Waals surface area contributed by atoms with Crippen LogP contribution in [0.5, 0.6) is 0 Å². The zero-order valence-electron chi connectivity index (χ0n) is 11.4. The summed E-state index contributed by atoms with van der Waals surface area (Å²) in [4.78, 5) is 4.59. The van der Waals surface area contributed by atoms with Crippen LogP contribution in [0.15, 0.2) is 36.5 Å². The van der Waals surface area contributed by atoms with Crippen LogP contribution < -0.4 is 5.32 Å². The van der Waals surface area contributed by atoms with E-state index in [-0.39, 0.29) is 0 Å². The quantitative estimate of drug-likeness (QED) is 0.878. The van der Waals surface area contributed by atoms with Crippen LogP contribution in [0.2, 0.25) is 5.02 Å². The first-order chi connectivity index (χ1) is 9.22. The predicted molar refractivity (Wildman–Crippen MR) is 82.0 cm³/mol. The second-order valence-corrected chi connectivity index (χ2v) is 5.07. The summed E-state index contributed by atoms with van der Waals surface area (Å²) in [6.07, 6.45) is 4.94. The van der Waals surface area contributed by atoms with E-state index in [1.807, 2.05) is 25.4 Å². The van der Waals surface area contributed by atoms with E-state index < -0.39 is 0 Å². The molecule has 2 rings (SSSR count). The van der Waals surface area contributed by atoms with Crippen LogP contribution in [0.3, 0.4) is 0 Å². The van der Waals surface area contributed by atoms with E-state index >= 15 is 0 Å². The van der Waals surface area contributed by atoms with Gasteiger partial charge in [0.25, 0.3) is 0 Å². The Morgan fingerprint density at radius 1 is 1.21 bits per heavy atom. The van der Waals surface area contributed by atoms with Gasteiger partial charge in [0.05, 0.1) is 11.9 Å². The van der Waals surface area contributed by atoms with E-state index in [0.29, 0.717) is 0 Å². The molecule has 0 fully saturated rings. The molecular weight excluding hydrogens is 256 g/mol. The largest absolute Gasteiger partial charge is 0.387 e. The second-order valence-electron chi connectivity index (χ2n) is 4.63. The van der Waals surface area contributed by atoms with Gasteiger partial charge in [-0.05, 0) is 35.7 Å². The molecule has 2 nitrogen and oxygen atoms in total. The monoisotopic (exact) mass is 274 g/mol. The lowest BCUT2D eigenvalue weighted by Crippen LogP contribution is -2.01. The predicted octanol–water partition coefficient (Wildman–Crippen LogP) is 4.32. The molecule has 0 spiro atoms. The van der Waals surface area contributed by atoms with Gasteiger partial charge >= 0.3 is 0 Å². The van der Waals surface area contributed by atoms with Crippen LogP contribution in [0, 0.1) is 0 Å². The lowest BCUT2D eigenvalue weighted by atomic mass is 10.0. The van der Waals surface area contributed by atoms with Crippen molar-refractivity contribution < 1.29 is 0 Å². The maximum absolute atomic E-state index is 5.91. The Labute approximate surface area is 119 Å². The average molecular weight is 275 g/mol. The van der Waals surface area contributed by atoms with E-state index in [1.54, 1.807) is 0 Å². The van der Waals surface area contributed by atoms with E-state index in [0.717, 1.165) is 35.7 Å². The third kappa shape index (κ3) is 3.71. The molecule has 0 aliphatic rings. The Kier molecular flexibility index (Phi) is 4.80. The minimum atomic E-state index is 0.774. The molecule has 1 heterocycles. The Hall–Kier alpha value is -1.54. The maximum atomic E-state index is 5.91. The van der Waals surface area contributed by atoms with Gasteiger partial charge in [0.2, 0.25) is 0 Å². The molecular formula is C16H19ClN2. The molecule has 1 aromatic heterocycles. The fourth-order valence-corrected chi connectivity index (χ4v) is 2.24. The summed E-state index contributed by atoms with van der Waals surface area (Å²) in [7, 11) is 1.92. The maximum Gasteiger partial charge on any atom is 0.0527 e. The van der Waals surface area contributed by atoms with Crippen molar-refractivity contribution in [1.29, 1.82) is 0 Å². The fraction of sp³-hybridized carbons (Fsp3) is 0.312. The molecule has 0 saturated heterocycles. The molecule has 1 N–H and O–H groups in total. The highest BCUT2D eigenvalue weighted by Gasteiger charge is 2.06. The lowest BCUT2D eigenvalue weighted by Gasteiger charge is -2.10. The van der Waals surface area contributed by atoms with Gasteiger partial charge < -0.3 is 5.32 Å². The van der Waals surface area contributed by atoms with Crippen LogP contribution in [0.4, 0.5) is 5.69 Å². The molecule has 0 aliphatic heterocycles. The molecule has 0 unspecified atom stereocenters. The minimum Gasteiger partial charge on any atom is -0.387 e. The standard InChI is InChI=1S/C16H19ClN2/c1-3-4-13-10-15(18-2)11-19-16(13)9-12-5-7-14(17)8-6-12/h5-8,10-11,18H,3-4,9H2,1-2H3. The highest BCUT2D eigenvalue weighted by Crippen LogP contribution is 2.19. The molecule has 3 heteroatoms. The van der Waals surface area contributed by atoms with Gasteiger partial charge in [0, 0.05) is 24.2 Å². The highest BCUT2D eigenvalue weighted by atomic mass is 35.5. The Balaban J connectivity index is 2.25. The molecule has 0 radical (unpaired) electrons. The number of pyridine rings is 1. The second kappa shape index (κ2) is 6.58. The van der Waals surface area contributed by atoms with Crippen molar-refractivity contribution in [3.05, 3.63) is 58.4 Å². The van der Waals surface area contributed by atoms with Gasteiger partial charge in [-0.2, -0.15) is 0 Å². The molecule has 2 aromatic rings. The summed E-state index contributed by atoms with van der Waals surface area (Å²) in [5, 5.41) is 3.92. The SMILES string of the molecule is CCCc1cc(NC)cnc1Cc1ccc(Cl)cc1. The number of anilines is 1. The summed E-state index contributed by atoms with van der Waals surface area (Å²) in [5.41, 5.74) is 4.79. The number of nitrogens with one attached hydrogen (secondary N) is 1. The minimum absolute atomic E-state index is 0.774. The first-order valence-corrected chi connectivity index (χ1v) is 7.00. The zero-order chi connectivity index (χ0) is 13.7. The summed E-state index contributed by atoms with van der Waals surface area (Å²) < 4.78 is 0.